The Hall–Kier alpha value is -2.58. The Labute approximate surface area is 104 Å². The van der Waals surface area contributed by atoms with Crippen molar-refractivity contribution in [3.8, 4) is 11.4 Å². The molecule has 0 spiro atoms. The fourth-order valence-corrected chi connectivity index (χ4v) is 1.72. The summed E-state index contributed by atoms with van der Waals surface area (Å²) in [4.78, 5) is 0. The Morgan fingerprint density at radius 2 is 2.00 bits per heavy atom. The van der Waals surface area contributed by atoms with E-state index in [-0.39, 0.29) is 11.6 Å². The number of halogens is 3. The number of nitrogens with two attached hydrogens (primary N) is 1. The van der Waals surface area contributed by atoms with E-state index >= 15 is 0 Å². The van der Waals surface area contributed by atoms with Crippen LogP contribution in [-0.4, -0.2) is 24.8 Å². The Morgan fingerprint density at radius 3 is 2.63 bits per heavy atom. The van der Waals surface area contributed by atoms with Gasteiger partial charge in [-0.1, -0.05) is 0 Å². The normalized spacial score (nSPS) is 12.2. The summed E-state index contributed by atoms with van der Waals surface area (Å²) in [6.45, 7) is 0. The van der Waals surface area contributed by atoms with Gasteiger partial charge in [-0.2, -0.15) is 18.3 Å². The molecule has 0 saturated heterocycles. The van der Waals surface area contributed by atoms with Crippen LogP contribution in [0.1, 0.15) is 5.56 Å². The topological polar surface area (TPSA) is 84.9 Å². The molecule has 0 atom stereocenters. The molecule has 0 bridgehead atoms. The summed E-state index contributed by atoms with van der Waals surface area (Å²) in [5.74, 6) is 0.416. The SMILES string of the molecule is Nc1[nH]ncc1-c1nnc2ccc(C(F)(F)F)cn12. The van der Waals surface area contributed by atoms with Crippen molar-refractivity contribution >= 4 is 11.5 Å². The van der Waals surface area contributed by atoms with Gasteiger partial charge >= 0.3 is 6.18 Å². The molecule has 0 amide bonds. The van der Waals surface area contributed by atoms with Crippen LogP contribution >= 0.6 is 0 Å². The highest BCUT2D eigenvalue weighted by molar-refractivity contribution is 5.69. The predicted molar refractivity (Wildman–Crippen MR) is 60.0 cm³/mol. The van der Waals surface area contributed by atoms with Crippen molar-refractivity contribution in [2.75, 3.05) is 5.73 Å². The summed E-state index contributed by atoms with van der Waals surface area (Å²) in [6, 6.07) is 2.20. The van der Waals surface area contributed by atoms with Gasteiger partial charge < -0.3 is 5.73 Å². The molecule has 0 saturated carbocycles. The fraction of sp³-hybridized carbons (Fsp3) is 0.100. The van der Waals surface area contributed by atoms with E-state index in [0.717, 1.165) is 12.3 Å². The number of hydrogen-bond donors (Lipinski definition) is 2. The number of nitrogens with one attached hydrogen (secondary N) is 1. The first-order valence-corrected chi connectivity index (χ1v) is 5.18. The lowest BCUT2D eigenvalue weighted by molar-refractivity contribution is -0.137. The Morgan fingerprint density at radius 1 is 1.21 bits per heavy atom. The molecule has 6 nitrogen and oxygen atoms in total. The van der Waals surface area contributed by atoms with Crippen molar-refractivity contribution in [1.29, 1.82) is 0 Å². The molecule has 3 aromatic heterocycles. The highest BCUT2D eigenvalue weighted by atomic mass is 19.4. The summed E-state index contributed by atoms with van der Waals surface area (Å²) >= 11 is 0. The zero-order chi connectivity index (χ0) is 13.6. The maximum atomic E-state index is 12.7. The van der Waals surface area contributed by atoms with Crippen LogP contribution in [0, 0.1) is 0 Å². The van der Waals surface area contributed by atoms with Gasteiger partial charge in [0.1, 0.15) is 5.82 Å². The minimum absolute atomic E-state index is 0.201. The van der Waals surface area contributed by atoms with Crippen LogP contribution in [0.5, 0.6) is 0 Å². The molecule has 9 heteroatoms. The van der Waals surface area contributed by atoms with Crippen LogP contribution in [0.25, 0.3) is 17.0 Å². The molecule has 3 N–H and O–H groups in total. The summed E-state index contributed by atoms with van der Waals surface area (Å²) in [6.07, 6.45) is -2.12. The number of alkyl halides is 3. The van der Waals surface area contributed by atoms with Gasteiger partial charge in [0.2, 0.25) is 0 Å². The van der Waals surface area contributed by atoms with Gasteiger partial charge in [-0.3, -0.25) is 9.50 Å². The first-order chi connectivity index (χ1) is 8.97. The van der Waals surface area contributed by atoms with Crippen LogP contribution in [0.3, 0.4) is 0 Å². The molecule has 0 radical (unpaired) electrons. The highest BCUT2D eigenvalue weighted by Gasteiger charge is 2.31. The van der Waals surface area contributed by atoms with E-state index in [1.807, 2.05) is 0 Å². The van der Waals surface area contributed by atoms with E-state index in [2.05, 4.69) is 20.4 Å². The number of anilines is 1. The van der Waals surface area contributed by atoms with Crippen molar-refractivity contribution in [1.82, 2.24) is 24.8 Å². The number of hydrogen-bond acceptors (Lipinski definition) is 4. The van der Waals surface area contributed by atoms with Crippen LogP contribution in [-0.2, 0) is 6.18 Å². The second-order valence-corrected chi connectivity index (χ2v) is 3.86. The van der Waals surface area contributed by atoms with Gasteiger partial charge in [-0.25, -0.2) is 0 Å². The number of aromatic nitrogens is 5. The molecule has 98 valence electrons. The molecule has 3 heterocycles. The lowest BCUT2D eigenvalue weighted by Gasteiger charge is -2.07. The van der Waals surface area contributed by atoms with Gasteiger partial charge in [-0.15, -0.1) is 10.2 Å². The summed E-state index contributed by atoms with van der Waals surface area (Å²) in [5.41, 5.74) is 5.53. The summed E-state index contributed by atoms with van der Waals surface area (Å²) < 4.78 is 39.3. The number of fused-ring (bicyclic) bond motifs is 1. The monoisotopic (exact) mass is 268 g/mol. The van der Waals surface area contributed by atoms with E-state index in [4.69, 9.17) is 5.73 Å². The molecule has 3 aromatic rings. The van der Waals surface area contributed by atoms with Crippen molar-refractivity contribution in [2.24, 2.45) is 0 Å². The van der Waals surface area contributed by atoms with Gasteiger partial charge in [0.05, 0.1) is 17.3 Å². The summed E-state index contributed by atoms with van der Waals surface area (Å²) in [5, 5.41) is 13.8. The Kier molecular flexibility index (Phi) is 2.24. The van der Waals surface area contributed by atoms with E-state index in [1.165, 1.54) is 16.7 Å². The van der Waals surface area contributed by atoms with Crippen molar-refractivity contribution in [3.63, 3.8) is 0 Å². The molecule has 0 aliphatic rings. The average molecular weight is 268 g/mol. The van der Waals surface area contributed by atoms with Gasteiger partial charge in [0, 0.05) is 6.20 Å². The van der Waals surface area contributed by atoms with E-state index in [0.29, 0.717) is 11.2 Å². The smallest absolute Gasteiger partial charge is 0.383 e. The number of nitrogen functional groups attached to an aromatic ring is 1. The van der Waals surface area contributed by atoms with E-state index < -0.39 is 11.7 Å². The van der Waals surface area contributed by atoms with Crippen LogP contribution < -0.4 is 5.73 Å². The third kappa shape index (κ3) is 1.79. The number of rotatable bonds is 1. The lowest BCUT2D eigenvalue weighted by Crippen LogP contribution is -2.06. The van der Waals surface area contributed by atoms with Crippen molar-refractivity contribution < 1.29 is 13.2 Å². The largest absolute Gasteiger partial charge is 0.417 e. The maximum absolute atomic E-state index is 12.7. The van der Waals surface area contributed by atoms with Crippen LogP contribution in [0.2, 0.25) is 0 Å². The molecule has 3 rings (SSSR count). The van der Waals surface area contributed by atoms with Crippen molar-refractivity contribution in [2.45, 2.75) is 6.18 Å². The summed E-state index contributed by atoms with van der Waals surface area (Å²) in [7, 11) is 0. The molecule has 0 fully saturated rings. The minimum atomic E-state index is -4.43. The molecule has 0 aliphatic heterocycles. The molecule has 19 heavy (non-hydrogen) atoms. The van der Waals surface area contributed by atoms with Crippen molar-refractivity contribution in [3.05, 3.63) is 30.1 Å². The number of nitrogens with zero attached hydrogens (tertiary/aromatic N) is 4. The second kappa shape index (κ2) is 3.70. The fourth-order valence-electron chi connectivity index (χ4n) is 1.72. The standard InChI is InChI=1S/C10H7F3N6/c11-10(12,13)5-1-2-7-16-18-9(19(7)4-5)6-3-15-17-8(6)14/h1-4H,(H3,14,15,17). The van der Waals surface area contributed by atoms with Crippen LogP contribution in [0.15, 0.2) is 24.5 Å². The Balaban J connectivity index is 2.25. The van der Waals surface area contributed by atoms with Gasteiger partial charge in [0.25, 0.3) is 0 Å². The Bertz CT molecular complexity index is 741. The molecular weight excluding hydrogens is 261 g/mol. The lowest BCUT2D eigenvalue weighted by atomic mass is 10.2. The first kappa shape index (κ1) is 11.5. The maximum Gasteiger partial charge on any atom is 0.417 e. The van der Waals surface area contributed by atoms with E-state index in [9.17, 15) is 13.2 Å². The first-order valence-electron chi connectivity index (χ1n) is 5.18. The van der Waals surface area contributed by atoms with Crippen LogP contribution in [0.4, 0.5) is 19.0 Å². The van der Waals surface area contributed by atoms with Gasteiger partial charge in [-0.05, 0) is 12.1 Å². The third-order valence-electron chi connectivity index (χ3n) is 2.64. The predicted octanol–water partition coefficient (Wildman–Crippen LogP) is 1.72. The second-order valence-electron chi connectivity index (χ2n) is 3.86. The molecular formula is C10H7F3N6. The third-order valence-corrected chi connectivity index (χ3v) is 2.64. The molecule has 0 unspecified atom stereocenters. The minimum Gasteiger partial charge on any atom is -0.383 e. The zero-order valence-corrected chi connectivity index (χ0v) is 9.31. The molecule has 0 aliphatic carbocycles. The number of H-pyrrole nitrogens is 1. The van der Waals surface area contributed by atoms with Gasteiger partial charge in [0.15, 0.2) is 11.5 Å². The highest BCUT2D eigenvalue weighted by Crippen LogP contribution is 2.30. The quantitative estimate of drug-likeness (QED) is 0.703. The zero-order valence-electron chi connectivity index (χ0n) is 9.31. The molecule has 0 aromatic carbocycles. The number of aromatic amines is 1. The average Bonchev–Trinajstić information content (AvgIpc) is 2.92. The number of pyridine rings is 1. The van der Waals surface area contributed by atoms with E-state index in [1.54, 1.807) is 0 Å².